The van der Waals surface area contributed by atoms with Crippen molar-refractivity contribution in [2.24, 2.45) is 5.73 Å². The molecule has 0 aliphatic rings. The summed E-state index contributed by atoms with van der Waals surface area (Å²) in [5.74, 6) is -1.89. The first-order chi connectivity index (χ1) is 7.56. The number of nitrogens with zero attached hydrogens (tertiary/aromatic N) is 1. The molecule has 1 aromatic rings. The van der Waals surface area contributed by atoms with Crippen molar-refractivity contribution in [2.75, 3.05) is 6.54 Å². The molecule has 0 saturated heterocycles. The van der Waals surface area contributed by atoms with Gasteiger partial charge in [-0.3, -0.25) is 10.1 Å². The Hall–Kier alpha value is -1.82. The highest BCUT2D eigenvalue weighted by Crippen LogP contribution is 2.22. The minimum Gasteiger partial charge on any atom is -0.330 e. The van der Waals surface area contributed by atoms with Crippen molar-refractivity contribution < 1.29 is 13.7 Å². The number of nitro benzene ring substituents is 1. The zero-order chi connectivity index (χ0) is 12.1. The maximum absolute atomic E-state index is 13.3. The molecule has 0 aliphatic carbocycles. The van der Waals surface area contributed by atoms with Gasteiger partial charge in [0, 0.05) is 5.56 Å². The van der Waals surface area contributed by atoms with Crippen LogP contribution in [0.2, 0.25) is 0 Å². The third-order valence-electron chi connectivity index (χ3n) is 1.89. The Kier molecular flexibility index (Phi) is 4.07. The average Bonchev–Trinajstić information content (AvgIpc) is 2.22. The summed E-state index contributed by atoms with van der Waals surface area (Å²) < 4.78 is 26.4. The Bertz CT molecular complexity index is 433. The number of halogens is 2. The van der Waals surface area contributed by atoms with E-state index in [1.807, 2.05) is 0 Å². The number of nitro groups is 1. The summed E-state index contributed by atoms with van der Waals surface area (Å²) in [5.41, 5.74) is 4.32. The van der Waals surface area contributed by atoms with Crippen molar-refractivity contribution in [3.63, 3.8) is 0 Å². The van der Waals surface area contributed by atoms with Crippen LogP contribution in [-0.2, 0) is 0 Å². The first kappa shape index (κ1) is 12.3. The molecule has 4 nitrogen and oxygen atoms in total. The fourth-order valence-electron chi connectivity index (χ4n) is 1.13. The summed E-state index contributed by atoms with van der Waals surface area (Å²) in [6, 6.07) is 1.36. The fourth-order valence-corrected chi connectivity index (χ4v) is 1.13. The Morgan fingerprint density at radius 3 is 2.62 bits per heavy atom. The van der Waals surface area contributed by atoms with Gasteiger partial charge in [0.2, 0.25) is 5.82 Å². The summed E-state index contributed by atoms with van der Waals surface area (Å²) in [5, 5.41) is 10.3. The highest BCUT2D eigenvalue weighted by atomic mass is 19.1. The molecule has 1 aromatic carbocycles. The van der Waals surface area contributed by atoms with Gasteiger partial charge in [-0.25, -0.2) is 4.39 Å². The van der Waals surface area contributed by atoms with Gasteiger partial charge in [-0.05, 0) is 19.0 Å². The molecule has 0 unspecified atom stereocenters. The van der Waals surface area contributed by atoms with Crippen LogP contribution in [-0.4, -0.2) is 11.5 Å². The molecule has 16 heavy (non-hydrogen) atoms. The van der Waals surface area contributed by atoms with Gasteiger partial charge in [0.05, 0.1) is 11.0 Å². The van der Waals surface area contributed by atoms with E-state index in [4.69, 9.17) is 5.73 Å². The van der Waals surface area contributed by atoms with Crippen LogP contribution < -0.4 is 5.73 Å². The maximum Gasteiger partial charge on any atom is 0.307 e. The van der Waals surface area contributed by atoms with E-state index >= 15 is 0 Å². The number of benzene rings is 1. The van der Waals surface area contributed by atoms with Gasteiger partial charge in [-0.1, -0.05) is 12.2 Å². The molecule has 0 heterocycles. The number of hydrogen-bond donors (Lipinski definition) is 1. The molecule has 6 heteroatoms. The van der Waals surface area contributed by atoms with E-state index in [2.05, 4.69) is 0 Å². The van der Waals surface area contributed by atoms with Gasteiger partial charge in [0.25, 0.3) is 0 Å². The van der Waals surface area contributed by atoms with E-state index < -0.39 is 22.2 Å². The number of rotatable bonds is 4. The summed E-state index contributed by atoms with van der Waals surface area (Å²) in [7, 11) is 0. The van der Waals surface area contributed by atoms with E-state index in [9.17, 15) is 18.9 Å². The molecule has 0 fully saturated rings. The smallest absolute Gasteiger partial charge is 0.307 e. The maximum atomic E-state index is 13.3. The molecule has 0 spiro atoms. The molecule has 0 aromatic heterocycles. The van der Waals surface area contributed by atoms with Crippen LogP contribution in [0.4, 0.5) is 14.5 Å². The second-order valence-electron chi connectivity index (χ2n) is 3.06. The van der Waals surface area contributed by atoms with Crippen LogP contribution in [0.5, 0.6) is 0 Å². The second kappa shape index (κ2) is 5.32. The third kappa shape index (κ3) is 2.83. The predicted molar refractivity (Wildman–Crippen MR) is 55.7 cm³/mol. The Labute approximate surface area is 90.5 Å². The molecule has 0 bridgehead atoms. The van der Waals surface area contributed by atoms with Crippen molar-refractivity contribution in [1.82, 2.24) is 0 Å². The lowest BCUT2D eigenvalue weighted by Crippen LogP contribution is -1.96. The topological polar surface area (TPSA) is 69.2 Å². The van der Waals surface area contributed by atoms with Gasteiger partial charge in [-0.2, -0.15) is 4.39 Å². The zero-order valence-corrected chi connectivity index (χ0v) is 8.32. The van der Waals surface area contributed by atoms with Crippen LogP contribution in [0.15, 0.2) is 18.2 Å². The number of hydrogen-bond acceptors (Lipinski definition) is 3. The molecule has 0 radical (unpaired) electrons. The predicted octanol–water partition coefficient (Wildman–Crippen LogP) is 2.24. The average molecular weight is 228 g/mol. The van der Waals surface area contributed by atoms with E-state index in [0.29, 0.717) is 19.0 Å². The third-order valence-corrected chi connectivity index (χ3v) is 1.89. The van der Waals surface area contributed by atoms with Crippen molar-refractivity contribution in [3.8, 4) is 0 Å². The summed E-state index contributed by atoms with van der Waals surface area (Å²) in [6.07, 6.45) is 3.44. The Morgan fingerprint density at radius 2 is 2.06 bits per heavy atom. The van der Waals surface area contributed by atoms with Crippen molar-refractivity contribution in [1.29, 1.82) is 0 Å². The molecule has 0 atom stereocenters. The van der Waals surface area contributed by atoms with Gasteiger partial charge in [0.1, 0.15) is 5.82 Å². The molecule has 2 N–H and O–H groups in total. The lowest BCUT2D eigenvalue weighted by molar-refractivity contribution is -0.387. The SMILES string of the molecule is NCCC=Cc1cc(F)c([N+](=O)[O-])cc1F. The Balaban J connectivity index is 3.05. The van der Waals surface area contributed by atoms with Crippen molar-refractivity contribution in [3.05, 3.63) is 45.5 Å². The lowest BCUT2D eigenvalue weighted by Gasteiger charge is -1.98. The van der Waals surface area contributed by atoms with Crippen LogP contribution in [0, 0.1) is 21.7 Å². The van der Waals surface area contributed by atoms with Gasteiger partial charge < -0.3 is 5.73 Å². The molecule has 0 aliphatic heterocycles. The monoisotopic (exact) mass is 228 g/mol. The highest BCUT2D eigenvalue weighted by molar-refractivity contribution is 5.53. The number of nitrogens with two attached hydrogens (primary N) is 1. The quantitative estimate of drug-likeness (QED) is 0.634. The van der Waals surface area contributed by atoms with Crippen LogP contribution in [0.1, 0.15) is 12.0 Å². The van der Waals surface area contributed by atoms with Gasteiger partial charge >= 0.3 is 5.69 Å². The van der Waals surface area contributed by atoms with Crippen LogP contribution in [0.25, 0.3) is 6.08 Å². The lowest BCUT2D eigenvalue weighted by atomic mass is 10.1. The molecular formula is C10H10F2N2O2. The zero-order valence-electron chi connectivity index (χ0n) is 8.32. The van der Waals surface area contributed by atoms with Gasteiger partial charge in [0.15, 0.2) is 0 Å². The first-order valence-electron chi connectivity index (χ1n) is 4.56. The highest BCUT2D eigenvalue weighted by Gasteiger charge is 2.17. The van der Waals surface area contributed by atoms with Crippen LogP contribution in [0.3, 0.4) is 0 Å². The molecule has 86 valence electrons. The molecule has 1 rings (SSSR count). The largest absolute Gasteiger partial charge is 0.330 e. The standard InChI is InChI=1S/C10H10F2N2O2/c11-8-6-10(14(15)16)9(12)5-7(8)3-1-2-4-13/h1,3,5-6H,2,4,13H2. The van der Waals surface area contributed by atoms with E-state index in [1.165, 1.54) is 6.08 Å². The fraction of sp³-hybridized carbons (Fsp3) is 0.200. The van der Waals surface area contributed by atoms with Crippen LogP contribution >= 0.6 is 0 Å². The first-order valence-corrected chi connectivity index (χ1v) is 4.56. The summed E-state index contributed by atoms with van der Waals surface area (Å²) in [6.45, 7) is 0.396. The van der Waals surface area contributed by atoms with E-state index in [-0.39, 0.29) is 5.56 Å². The van der Waals surface area contributed by atoms with E-state index in [0.717, 1.165) is 6.07 Å². The van der Waals surface area contributed by atoms with Crippen molar-refractivity contribution in [2.45, 2.75) is 6.42 Å². The minimum absolute atomic E-state index is 0.0310. The molecule has 0 amide bonds. The second-order valence-corrected chi connectivity index (χ2v) is 3.06. The summed E-state index contributed by atoms with van der Waals surface area (Å²) >= 11 is 0. The molecular weight excluding hydrogens is 218 g/mol. The van der Waals surface area contributed by atoms with E-state index in [1.54, 1.807) is 6.08 Å². The normalized spacial score (nSPS) is 10.9. The van der Waals surface area contributed by atoms with Gasteiger partial charge in [-0.15, -0.1) is 0 Å². The Morgan fingerprint density at radius 1 is 1.38 bits per heavy atom. The minimum atomic E-state index is -1.06. The van der Waals surface area contributed by atoms with Crippen molar-refractivity contribution >= 4 is 11.8 Å². The molecule has 0 saturated carbocycles. The summed E-state index contributed by atoms with van der Waals surface area (Å²) in [4.78, 5) is 9.34.